The minimum Gasteiger partial charge on any atom is -0.379 e. The molecule has 1 aliphatic carbocycles. The normalized spacial score (nSPS) is 17.2. The average molecular weight is 427 g/mol. The zero-order valence-electron chi connectivity index (χ0n) is 19.4. The fourth-order valence-electron chi connectivity index (χ4n) is 2.30. The molecular formula is C25H35FN4O. The van der Waals surface area contributed by atoms with Crippen molar-refractivity contribution < 1.29 is 9.18 Å². The number of carbonyl (C=O) groups is 1. The highest BCUT2D eigenvalue weighted by molar-refractivity contribution is 5.89. The van der Waals surface area contributed by atoms with Crippen LogP contribution in [0.25, 0.3) is 0 Å². The zero-order chi connectivity index (χ0) is 23.6. The van der Waals surface area contributed by atoms with Crippen LogP contribution in [-0.4, -0.2) is 44.6 Å². The molecule has 0 radical (unpaired) electrons. The molecule has 1 unspecified atom stereocenters. The van der Waals surface area contributed by atoms with Crippen molar-refractivity contribution >= 4 is 17.8 Å². The molecule has 1 aliphatic rings. The first kappa shape index (κ1) is 27.7. The van der Waals surface area contributed by atoms with Crippen LogP contribution in [0.15, 0.2) is 93.8 Å². The lowest BCUT2D eigenvalue weighted by Crippen LogP contribution is -2.28. The van der Waals surface area contributed by atoms with E-state index in [2.05, 4.69) is 27.2 Å². The number of ketones is 1. The molecule has 0 aromatic heterocycles. The maximum Gasteiger partial charge on any atom is 0.154 e. The summed E-state index contributed by atoms with van der Waals surface area (Å²) < 4.78 is 12.6. The first-order chi connectivity index (χ1) is 14.7. The first-order valence-electron chi connectivity index (χ1n) is 10.00. The second-order valence-corrected chi connectivity index (χ2v) is 6.76. The second kappa shape index (κ2) is 16.5. The van der Waals surface area contributed by atoms with E-state index in [1.165, 1.54) is 19.1 Å². The number of nitrogens with zero attached hydrogens (tertiary/aromatic N) is 2. The highest BCUT2D eigenvalue weighted by Gasteiger charge is 2.01. The van der Waals surface area contributed by atoms with Crippen molar-refractivity contribution in [3.63, 3.8) is 0 Å². The number of aliphatic imine (C=N–C) groups is 2. The van der Waals surface area contributed by atoms with Crippen LogP contribution in [0.4, 0.5) is 4.39 Å². The van der Waals surface area contributed by atoms with E-state index >= 15 is 0 Å². The SMILES string of the molecule is C=C(C)/C=C(\C=C/C)NC/C(=C/C(C)=O)NC(C)=NC.CN=CC1=CC=CC(F)C=C1. The van der Waals surface area contributed by atoms with E-state index in [4.69, 9.17) is 0 Å². The third kappa shape index (κ3) is 15.3. The third-order valence-corrected chi connectivity index (χ3v) is 3.62. The minimum atomic E-state index is -0.964. The fraction of sp³-hybridized carbons (Fsp3) is 0.320. The van der Waals surface area contributed by atoms with E-state index in [1.54, 1.807) is 38.5 Å². The van der Waals surface area contributed by atoms with Gasteiger partial charge in [-0.1, -0.05) is 36.5 Å². The third-order valence-electron chi connectivity index (χ3n) is 3.62. The summed E-state index contributed by atoms with van der Waals surface area (Å²) in [6, 6.07) is 0. The Morgan fingerprint density at radius 2 is 1.94 bits per heavy atom. The smallest absolute Gasteiger partial charge is 0.154 e. The number of halogens is 1. The van der Waals surface area contributed by atoms with Gasteiger partial charge in [0.2, 0.25) is 0 Å². The number of hydrogen-bond donors (Lipinski definition) is 2. The molecule has 1 atom stereocenters. The van der Waals surface area contributed by atoms with E-state index < -0.39 is 6.17 Å². The predicted molar refractivity (Wildman–Crippen MR) is 132 cm³/mol. The highest BCUT2D eigenvalue weighted by Crippen LogP contribution is 2.05. The monoisotopic (exact) mass is 426 g/mol. The van der Waals surface area contributed by atoms with Gasteiger partial charge in [0.05, 0.1) is 12.4 Å². The summed E-state index contributed by atoms with van der Waals surface area (Å²) >= 11 is 0. The van der Waals surface area contributed by atoms with Gasteiger partial charge in [0.25, 0.3) is 0 Å². The molecule has 0 fully saturated rings. The second-order valence-electron chi connectivity index (χ2n) is 6.76. The summed E-state index contributed by atoms with van der Waals surface area (Å²) in [7, 11) is 3.39. The molecule has 0 saturated heterocycles. The van der Waals surface area contributed by atoms with Crippen molar-refractivity contribution in [3.05, 3.63) is 83.8 Å². The maximum absolute atomic E-state index is 12.6. The molecule has 0 saturated carbocycles. The molecule has 168 valence electrons. The van der Waals surface area contributed by atoms with Crippen LogP contribution >= 0.6 is 0 Å². The van der Waals surface area contributed by atoms with Gasteiger partial charge in [-0.3, -0.25) is 14.8 Å². The Kier molecular flexibility index (Phi) is 14.8. The van der Waals surface area contributed by atoms with E-state index in [1.807, 2.05) is 45.1 Å². The topological polar surface area (TPSA) is 65.8 Å². The molecule has 5 nitrogen and oxygen atoms in total. The summed E-state index contributed by atoms with van der Waals surface area (Å²) in [5, 5.41) is 6.37. The first-order valence-corrected chi connectivity index (χ1v) is 10.00. The molecule has 1 rings (SSSR count). The minimum absolute atomic E-state index is 0.00494. The molecule has 0 bridgehead atoms. The summed E-state index contributed by atoms with van der Waals surface area (Å²) in [5.74, 6) is 0.755. The highest BCUT2D eigenvalue weighted by atomic mass is 19.1. The number of alkyl halides is 1. The van der Waals surface area contributed by atoms with Gasteiger partial charge in [0.1, 0.15) is 6.17 Å². The average Bonchev–Trinajstić information content (AvgIpc) is 2.90. The van der Waals surface area contributed by atoms with Crippen molar-refractivity contribution in [2.24, 2.45) is 9.98 Å². The summed E-state index contributed by atoms with van der Waals surface area (Å²) in [5.41, 5.74) is 3.60. The van der Waals surface area contributed by atoms with E-state index in [0.717, 1.165) is 28.4 Å². The Morgan fingerprint density at radius 1 is 1.23 bits per heavy atom. The van der Waals surface area contributed by atoms with Crippen LogP contribution in [-0.2, 0) is 4.79 Å². The van der Waals surface area contributed by atoms with Crippen LogP contribution in [0.1, 0.15) is 27.7 Å². The lowest BCUT2D eigenvalue weighted by molar-refractivity contribution is -0.112. The van der Waals surface area contributed by atoms with Crippen molar-refractivity contribution in [2.45, 2.75) is 33.9 Å². The Labute approximate surface area is 186 Å². The van der Waals surface area contributed by atoms with Gasteiger partial charge < -0.3 is 10.6 Å². The van der Waals surface area contributed by atoms with Crippen molar-refractivity contribution in [2.75, 3.05) is 20.6 Å². The van der Waals surface area contributed by atoms with Crippen LogP contribution in [0.2, 0.25) is 0 Å². The molecule has 0 heterocycles. The molecule has 0 aromatic carbocycles. The van der Waals surface area contributed by atoms with Gasteiger partial charge in [-0.05, 0) is 57.6 Å². The summed E-state index contributed by atoms with van der Waals surface area (Å²) in [6.45, 7) is 11.6. The fourth-order valence-corrected chi connectivity index (χ4v) is 2.30. The molecule has 0 spiro atoms. The quantitative estimate of drug-likeness (QED) is 0.254. The van der Waals surface area contributed by atoms with Crippen molar-refractivity contribution in [3.8, 4) is 0 Å². The van der Waals surface area contributed by atoms with Gasteiger partial charge in [-0.15, -0.1) is 0 Å². The van der Waals surface area contributed by atoms with E-state index in [9.17, 15) is 9.18 Å². The number of hydrogen-bond acceptors (Lipinski definition) is 4. The van der Waals surface area contributed by atoms with E-state index in [-0.39, 0.29) is 5.78 Å². The lowest BCUT2D eigenvalue weighted by atomic mass is 10.2. The molecule has 6 heteroatoms. The number of nitrogens with one attached hydrogen (secondary N) is 2. The number of amidine groups is 1. The van der Waals surface area contributed by atoms with Crippen LogP contribution < -0.4 is 10.6 Å². The predicted octanol–water partition coefficient (Wildman–Crippen LogP) is 4.80. The van der Waals surface area contributed by atoms with Gasteiger partial charge in [-0.2, -0.15) is 0 Å². The standard InChI is InChI=1S/C16H25N3O.C9H10FN/c1-7-8-15(9-12(2)3)18-11-16(10-13(4)20)19-14(5)17-6;1-11-7-8-3-2-4-9(10)6-5-8/h7-10,18H,2,11H2,1,3-6H3,(H,17,19);2-7,9H,1H3/b8-7-,15-9+,16-10-;. The van der Waals surface area contributed by atoms with Crippen LogP contribution in [0.3, 0.4) is 0 Å². The van der Waals surface area contributed by atoms with E-state index in [0.29, 0.717) is 6.54 Å². The number of carbonyl (C=O) groups excluding carboxylic acids is 1. The lowest BCUT2D eigenvalue weighted by Gasteiger charge is -2.13. The Balaban J connectivity index is 0.000000683. The largest absolute Gasteiger partial charge is 0.379 e. The van der Waals surface area contributed by atoms with Crippen molar-refractivity contribution in [1.29, 1.82) is 0 Å². The number of rotatable bonds is 8. The summed E-state index contributed by atoms with van der Waals surface area (Å²) in [4.78, 5) is 19.1. The van der Waals surface area contributed by atoms with Gasteiger partial charge in [-0.25, -0.2) is 4.39 Å². The molecular weight excluding hydrogens is 391 g/mol. The Bertz CT molecular complexity index is 840. The van der Waals surface area contributed by atoms with Crippen LogP contribution in [0.5, 0.6) is 0 Å². The maximum atomic E-state index is 12.6. The summed E-state index contributed by atoms with van der Waals surface area (Å²) in [6.07, 6.45) is 16.4. The van der Waals surface area contributed by atoms with Crippen molar-refractivity contribution in [1.82, 2.24) is 10.6 Å². The van der Waals surface area contributed by atoms with Crippen LogP contribution in [0, 0.1) is 0 Å². The molecule has 31 heavy (non-hydrogen) atoms. The number of allylic oxidation sites excluding steroid dienone is 11. The molecule has 0 aromatic rings. The van der Waals surface area contributed by atoms with Gasteiger partial charge in [0.15, 0.2) is 5.78 Å². The van der Waals surface area contributed by atoms with Gasteiger partial charge >= 0.3 is 0 Å². The molecule has 0 amide bonds. The zero-order valence-corrected chi connectivity index (χ0v) is 19.4. The molecule has 0 aliphatic heterocycles. The Hall–Kier alpha value is -3.28. The van der Waals surface area contributed by atoms with Gasteiger partial charge in [0, 0.05) is 37.8 Å². The Morgan fingerprint density at radius 3 is 2.48 bits per heavy atom. The molecule has 2 N–H and O–H groups in total.